The molecular formula is C10H23NO. The summed E-state index contributed by atoms with van der Waals surface area (Å²) in [6.45, 7) is 12.0. The Morgan fingerprint density at radius 3 is 2.08 bits per heavy atom. The Hall–Kier alpha value is -0.0800. The fourth-order valence-electron chi connectivity index (χ4n) is 1.25. The second kappa shape index (κ2) is 5.55. The third-order valence-electron chi connectivity index (χ3n) is 2.01. The molecule has 74 valence electrons. The minimum atomic E-state index is 0.272. The molecule has 0 rings (SSSR count). The van der Waals surface area contributed by atoms with E-state index in [1.807, 2.05) is 0 Å². The van der Waals surface area contributed by atoms with Crippen molar-refractivity contribution in [3.8, 4) is 0 Å². The van der Waals surface area contributed by atoms with Crippen LogP contribution in [0.1, 0.15) is 34.1 Å². The molecule has 0 aromatic carbocycles. The zero-order chi connectivity index (χ0) is 9.61. The van der Waals surface area contributed by atoms with Crippen LogP contribution < -0.4 is 0 Å². The van der Waals surface area contributed by atoms with Gasteiger partial charge in [0.05, 0.1) is 6.61 Å². The van der Waals surface area contributed by atoms with Crippen LogP contribution >= 0.6 is 0 Å². The Morgan fingerprint density at radius 1 is 1.17 bits per heavy atom. The van der Waals surface area contributed by atoms with Gasteiger partial charge in [-0.25, -0.2) is 0 Å². The monoisotopic (exact) mass is 173 g/mol. The van der Waals surface area contributed by atoms with Crippen LogP contribution in [0.4, 0.5) is 0 Å². The van der Waals surface area contributed by atoms with Crippen LogP contribution in [0.5, 0.6) is 0 Å². The van der Waals surface area contributed by atoms with Gasteiger partial charge in [0.25, 0.3) is 0 Å². The van der Waals surface area contributed by atoms with E-state index >= 15 is 0 Å². The maximum Gasteiger partial charge on any atom is 0.0589 e. The van der Waals surface area contributed by atoms with Crippen LogP contribution in [0.2, 0.25) is 0 Å². The van der Waals surface area contributed by atoms with E-state index in [-0.39, 0.29) is 5.54 Å². The Balaban J connectivity index is 3.86. The predicted octanol–water partition coefficient (Wildman–Crippen LogP) is 2.14. The molecule has 2 nitrogen and oxygen atoms in total. The summed E-state index contributed by atoms with van der Waals surface area (Å²) in [5, 5.41) is 0. The van der Waals surface area contributed by atoms with E-state index in [0.29, 0.717) is 0 Å². The smallest absolute Gasteiger partial charge is 0.0589 e. The van der Waals surface area contributed by atoms with E-state index in [1.165, 1.54) is 6.42 Å². The number of hydrogen-bond acceptors (Lipinski definition) is 2. The minimum absolute atomic E-state index is 0.272. The third kappa shape index (κ3) is 4.73. The molecule has 0 fully saturated rings. The van der Waals surface area contributed by atoms with Crippen LogP contribution in [-0.2, 0) is 4.74 Å². The number of ether oxygens (including phenoxy) is 1. The molecule has 0 aliphatic heterocycles. The molecule has 0 heterocycles. The average Bonchev–Trinajstić information content (AvgIpc) is 1.95. The Bertz CT molecular complexity index is 107. The van der Waals surface area contributed by atoms with Gasteiger partial charge < -0.3 is 4.74 Å². The van der Waals surface area contributed by atoms with Crippen molar-refractivity contribution in [2.45, 2.75) is 39.7 Å². The summed E-state index contributed by atoms with van der Waals surface area (Å²) < 4.78 is 5.07. The molecule has 0 N–H and O–H groups in total. The molecule has 2 heteroatoms. The largest absolute Gasteiger partial charge is 0.383 e. The van der Waals surface area contributed by atoms with Gasteiger partial charge in [0.15, 0.2) is 0 Å². The van der Waals surface area contributed by atoms with Gasteiger partial charge in [-0.3, -0.25) is 4.90 Å². The lowest BCUT2D eigenvalue weighted by atomic mass is 10.1. The first-order chi connectivity index (χ1) is 5.52. The van der Waals surface area contributed by atoms with Gasteiger partial charge in [-0.05, 0) is 33.7 Å². The molecule has 0 bridgehead atoms. The van der Waals surface area contributed by atoms with Crippen molar-refractivity contribution in [3.05, 3.63) is 0 Å². The lowest BCUT2D eigenvalue weighted by Crippen LogP contribution is -2.43. The van der Waals surface area contributed by atoms with Crippen molar-refractivity contribution in [3.63, 3.8) is 0 Å². The first-order valence-corrected chi connectivity index (χ1v) is 4.76. The third-order valence-corrected chi connectivity index (χ3v) is 2.01. The summed E-state index contributed by atoms with van der Waals surface area (Å²) in [4.78, 5) is 2.45. The van der Waals surface area contributed by atoms with Crippen LogP contribution in [0.15, 0.2) is 0 Å². The van der Waals surface area contributed by atoms with Crippen LogP contribution in [-0.4, -0.2) is 37.2 Å². The molecule has 0 atom stereocenters. The van der Waals surface area contributed by atoms with E-state index in [9.17, 15) is 0 Å². The maximum atomic E-state index is 5.07. The summed E-state index contributed by atoms with van der Waals surface area (Å²) in [6, 6.07) is 0. The van der Waals surface area contributed by atoms with E-state index < -0.39 is 0 Å². The fraction of sp³-hybridized carbons (Fsp3) is 1.00. The van der Waals surface area contributed by atoms with Gasteiger partial charge in [-0.2, -0.15) is 0 Å². The maximum absolute atomic E-state index is 5.07. The molecule has 0 aliphatic carbocycles. The van der Waals surface area contributed by atoms with Gasteiger partial charge in [0.2, 0.25) is 0 Å². The van der Waals surface area contributed by atoms with Crippen molar-refractivity contribution >= 4 is 0 Å². The van der Waals surface area contributed by atoms with E-state index in [4.69, 9.17) is 4.74 Å². The van der Waals surface area contributed by atoms with Gasteiger partial charge in [-0.1, -0.05) is 6.92 Å². The van der Waals surface area contributed by atoms with Gasteiger partial charge >= 0.3 is 0 Å². The summed E-state index contributed by atoms with van der Waals surface area (Å²) in [6.07, 6.45) is 1.21. The minimum Gasteiger partial charge on any atom is -0.383 e. The second-order valence-electron chi connectivity index (χ2n) is 4.15. The highest BCUT2D eigenvalue weighted by molar-refractivity contribution is 4.75. The van der Waals surface area contributed by atoms with E-state index in [0.717, 1.165) is 19.7 Å². The average molecular weight is 173 g/mol. The van der Waals surface area contributed by atoms with Gasteiger partial charge in [0, 0.05) is 19.2 Å². The molecule has 0 aliphatic rings. The van der Waals surface area contributed by atoms with Crippen molar-refractivity contribution in [2.24, 2.45) is 0 Å². The number of rotatable bonds is 5. The zero-order valence-electron chi connectivity index (χ0n) is 9.18. The molecule has 0 aromatic heterocycles. The van der Waals surface area contributed by atoms with Crippen molar-refractivity contribution in [1.82, 2.24) is 4.90 Å². The summed E-state index contributed by atoms with van der Waals surface area (Å²) >= 11 is 0. The zero-order valence-corrected chi connectivity index (χ0v) is 9.18. The number of nitrogens with zero attached hydrogens (tertiary/aromatic N) is 1. The molecule has 0 saturated heterocycles. The normalized spacial score (nSPS) is 12.5. The van der Waals surface area contributed by atoms with E-state index in [1.54, 1.807) is 7.11 Å². The topological polar surface area (TPSA) is 12.5 Å². The first-order valence-electron chi connectivity index (χ1n) is 4.76. The van der Waals surface area contributed by atoms with Crippen molar-refractivity contribution < 1.29 is 4.74 Å². The van der Waals surface area contributed by atoms with Gasteiger partial charge in [-0.15, -0.1) is 0 Å². The molecule has 0 radical (unpaired) electrons. The molecule has 12 heavy (non-hydrogen) atoms. The lowest BCUT2D eigenvalue weighted by Gasteiger charge is -2.35. The Kier molecular flexibility index (Phi) is 5.51. The Morgan fingerprint density at radius 2 is 1.75 bits per heavy atom. The fourth-order valence-corrected chi connectivity index (χ4v) is 1.25. The highest BCUT2D eigenvalue weighted by atomic mass is 16.5. The molecule has 0 unspecified atom stereocenters. The highest BCUT2D eigenvalue weighted by Gasteiger charge is 2.19. The van der Waals surface area contributed by atoms with E-state index in [2.05, 4.69) is 32.6 Å². The molecule has 0 aromatic rings. The first kappa shape index (κ1) is 11.9. The van der Waals surface area contributed by atoms with Crippen LogP contribution in [0, 0.1) is 0 Å². The summed E-state index contributed by atoms with van der Waals surface area (Å²) in [7, 11) is 1.76. The lowest BCUT2D eigenvalue weighted by molar-refractivity contribution is 0.0872. The van der Waals surface area contributed by atoms with Crippen LogP contribution in [0.3, 0.4) is 0 Å². The van der Waals surface area contributed by atoms with Crippen LogP contribution in [0.25, 0.3) is 0 Å². The predicted molar refractivity (Wildman–Crippen MR) is 53.5 cm³/mol. The molecular weight excluding hydrogens is 150 g/mol. The quantitative estimate of drug-likeness (QED) is 0.631. The SMILES string of the molecule is CCCN(CCOC)C(C)(C)C. The highest BCUT2D eigenvalue weighted by Crippen LogP contribution is 2.12. The number of methoxy groups -OCH3 is 1. The molecule has 0 amide bonds. The molecule has 0 spiro atoms. The summed E-state index contributed by atoms with van der Waals surface area (Å²) in [5.74, 6) is 0. The summed E-state index contributed by atoms with van der Waals surface area (Å²) in [5.41, 5.74) is 0.272. The second-order valence-corrected chi connectivity index (χ2v) is 4.15. The standard InChI is InChI=1S/C10H23NO/c1-6-7-11(8-9-12-5)10(2,3)4/h6-9H2,1-5H3. The number of hydrogen-bond donors (Lipinski definition) is 0. The molecule has 0 saturated carbocycles. The van der Waals surface area contributed by atoms with Crippen molar-refractivity contribution in [1.29, 1.82) is 0 Å². The van der Waals surface area contributed by atoms with Crippen molar-refractivity contribution in [2.75, 3.05) is 26.8 Å². The Labute approximate surface area is 76.9 Å². The van der Waals surface area contributed by atoms with Gasteiger partial charge in [0.1, 0.15) is 0 Å².